The zero-order valence-corrected chi connectivity index (χ0v) is 12.0. The van der Waals surface area contributed by atoms with Crippen LogP contribution in [-0.2, 0) is 0 Å². The highest BCUT2D eigenvalue weighted by molar-refractivity contribution is 5.85. The van der Waals surface area contributed by atoms with Gasteiger partial charge in [-0.3, -0.25) is 0 Å². The van der Waals surface area contributed by atoms with Crippen LogP contribution >= 0.6 is 24.8 Å². The summed E-state index contributed by atoms with van der Waals surface area (Å²) in [4.78, 5) is 7.20. The highest BCUT2D eigenvalue weighted by Gasteiger charge is 2.09. The van der Waals surface area contributed by atoms with Crippen molar-refractivity contribution < 1.29 is 5.11 Å². The van der Waals surface area contributed by atoms with Gasteiger partial charge >= 0.3 is 0 Å². The van der Waals surface area contributed by atoms with Gasteiger partial charge in [0.05, 0.1) is 23.5 Å². The first-order valence-corrected chi connectivity index (χ1v) is 5.51. The Bertz CT molecular complexity index is 473. The monoisotopic (exact) mass is 291 g/mol. The minimum Gasteiger partial charge on any atom is -0.387 e. The van der Waals surface area contributed by atoms with Crippen molar-refractivity contribution in [3.8, 4) is 0 Å². The molecule has 0 spiro atoms. The number of hydrogen-bond donors (Lipinski definition) is 3. The number of aliphatic hydroxyl groups is 1. The highest BCUT2D eigenvalue weighted by atomic mass is 35.5. The fourth-order valence-corrected chi connectivity index (χ4v) is 1.62. The van der Waals surface area contributed by atoms with Crippen LogP contribution in [0, 0.1) is 0 Å². The molecule has 0 amide bonds. The second-order valence-electron chi connectivity index (χ2n) is 4.26. The predicted octanol–water partition coefficient (Wildman–Crippen LogP) is 2.44. The molecule has 2 rings (SSSR count). The summed E-state index contributed by atoms with van der Waals surface area (Å²) in [5.74, 6) is 0. The van der Waals surface area contributed by atoms with Gasteiger partial charge in [0.1, 0.15) is 0 Å². The number of H-pyrrole nitrogens is 1. The molecule has 1 aromatic carbocycles. The molecule has 102 valence electrons. The van der Waals surface area contributed by atoms with Crippen molar-refractivity contribution in [1.82, 2.24) is 15.3 Å². The summed E-state index contributed by atoms with van der Waals surface area (Å²) in [6.45, 7) is 4.68. The average molecular weight is 292 g/mol. The molecule has 6 heteroatoms. The predicted molar refractivity (Wildman–Crippen MR) is 78.7 cm³/mol. The van der Waals surface area contributed by atoms with Crippen LogP contribution in [0.2, 0.25) is 0 Å². The number of aliphatic hydroxyl groups excluding tert-OH is 1. The molecule has 0 bridgehead atoms. The number of aromatic nitrogens is 2. The highest BCUT2D eigenvalue weighted by Crippen LogP contribution is 2.17. The van der Waals surface area contributed by atoms with Gasteiger partial charge < -0.3 is 15.4 Å². The van der Waals surface area contributed by atoms with Crippen LogP contribution in [0.1, 0.15) is 25.5 Å². The first-order valence-electron chi connectivity index (χ1n) is 5.51. The van der Waals surface area contributed by atoms with E-state index in [1.165, 1.54) is 0 Å². The molecule has 1 atom stereocenters. The molecule has 2 aromatic rings. The summed E-state index contributed by atoms with van der Waals surface area (Å²) >= 11 is 0. The van der Waals surface area contributed by atoms with E-state index in [9.17, 15) is 5.11 Å². The van der Waals surface area contributed by atoms with Crippen molar-refractivity contribution >= 4 is 35.8 Å². The van der Waals surface area contributed by atoms with E-state index in [1.807, 2.05) is 18.2 Å². The van der Waals surface area contributed by atoms with Crippen LogP contribution in [0.25, 0.3) is 11.0 Å². The molecule has 3 N–H and O–H groups in total. The van der Waals surface area contributed by atoms with Crippen LogP contribution in [0.5, 0.6) is 0 Å². The lowest BCUT2D eigenvalue weighted by molar-refractivity contribution is 0.172. The number of aromatic amines is 1. The summed E-state index contributed by atoms with van der Waals surface area (Å²) in [5, 5.41) is 13.2. The zero-order chi connectivity index (χ0) is 11.5. The number of hydrogen-bond acceptors (Lipinski definition) is 3. The van der Waals surface area contributed by atoms with Crippen molar-refractivity contribution in [2.45, 2.75) is 26.0 Å². The lowest BCUT2D eigenvalue weighted by atomic mass is 10.1. The Morgan fingerprint density at radius 2 is 2.06 bits per heavy atom. The fourth-order valence-electron chi connectivity index (χ4n) is 1.62. The zero-order valence-electron chi connectivity index (χ0n) is 10.4. The van der Waals surface area contributed by atoms with E-state index >= 15 is 0 Å². The van der Waals surface area contributed by atoms with Gasteiger partial charge in [0.15, 0.2) is 0 Å². The van der Waals surface area contributed by atoms with Crippen molar-refractivity contribution in [2.75, 3.05) is 6.54 Å². The summed E-state index contributed by atoms with van der Waals surface area (Å²) in [6.07, 6.45) is 1.18. The molecule has 0 saturated carbocycles. The van der Waals surface area contributed by atoms with Gasteiger partial charge in [0.2, 0.25) is 0 Å². The molecule has 1 unspecified atom stereocenters. The van der Waals surface area contributed by atoms with Gasteiger partial charge in [-0.1, -0.05) is 19.9 Å². The second-order valence-corrected chi connectivity index (χ2v) is 4.26. The smallest absolute Gasteiger partial charge is 0.0931 e. The number of imidazole rings is 1. The van der Waals surface area contributed by atoms with Gasteiger partial charge in [0.25, 0.3) is 0 Å². The van der Waals surface area contributed by atoms with Gasteiger partial charge in [-0.25, -0.2) is 4.98 Å². The summed E-state index contributed by atoms with van der Waals surface area (Å²) in [5.41, 5.74) is 2.78. The fraction of sp³-hybridized carbons (Fsp3) is 0.417. The number of fused-ring (bicyclic) bond motifs is 1. The van der Waals surface area contributed by atoms with Crippen LogP contribution in [0.4, 0.5) is 0 Å². The van der Waals surface area contributed by atoms with Gasteiger partial charge in [0, 0.05) is 12.6 Å². The Kier molecular flexibility index (Phi) is 7.25. The topological polar surface area (TPSA) is 60.9 Å². The summed E-state index contributed by atoms with van der Waals surface area (Å²) in [6, 6.07) is 6.16. The van der Waals surface area contributed by atoms with Crippen molar-refractivity contribution in [1.29, 1.82) is 0 Å². The Hall–Kier alpha value is -0.810. The molecule has 4 nitrogen and oxygen atoms in total. The molecule has 0 aliphatic heterocycles. The van der Waals surface area contributed by atoms with Crippen LogP contribution in [0.15, 0.2) is 24.5 Å². The lowest BCUT2D eigenvalue weighted by Crippen LogP contribution is -2.27. The third-order valence-corrected chi connectivity index (χ3v) is 2.55. The Balaban J connectivity index is 0.00000144. The van der Waals surface area contributed by atoms with Gasteiger partial charge in [-0.05, 0) is 17.7 Å². The van der Waals surface area contributed by atoms with Crippen molar-refractivity contribution in [3.05, 3.63) is 30.1 Å². The standard InChI is InChI=1S/C12H17N3O.2ClH/c1-8(2)13-6-12(16)9-3-4-10-11(5-9)15-7-14-10;;/h3-5,7-8,12-13,16H,6H2,1-2H3,(H,14,15);2*1H. The van der Waals surface area contributed by atoms with Gasteiger partial charge in [-0.15, -0.1) is 24.8 Å². The van der Waals surface area contributed by atoms with E-state index in [-0.39, 0.29) is 24.8 Å². The third kappa shape index (κ3) is 4.14. The Morgan fingerprint density at radius 3 is 2.72 bits per heavy atom. The first kappa shape index (κ1) is 17.2. The van der Waals surface area contributed by atoms with Crippen molar-refractivity contribution in [3.63, 3.8) is 0 Å². The first-order chi connectivity index (χ1) is 7.66. The second kappa shape index (κ2) is 7.59. The molecule has 0 saturated heterocycles. The van der Waals surface area contributed by atoms with E-state index in [0.29, 0.717) is 12.6 Å². The van der Waals surface area contributed by atoms with E-state index in [0.717, 1.165) is 16.6 Å². The van der Waals surface area contributed by atoms with Crippen LogP contribution in [0.3, 0.4) is 0 Å². The normalized spacial score (nSPS) is 12.0. The third-order valence-electron chi connectivity index (χ3n) is 2.55. The van der Waals surface area contributed by atoms with Crippen LogP contribution in [-0.4, -0.2) is 27.7 Å². The summed E-state index contributed by atoms with van der Waals surface area (Å²) < 4.78 is 0. The van der Waals surface area contributed by atoms with E-state index in [1.54, 1.807) is 6.33 Å². The number of benzene rings is 1. The molecular weight excluding hydrogens is 273 g/mol. The molecule has 0 radical (unpaired) electrons. The number of nitrogens with one attached hydrogen (secondary N) is 2. The number of halogens is 2. The quantitative estimate of drug-likeness (QED) is 0.811. The lowest BCUT2D eigenvalue weighted by Gasteiger charge is -2.14. The van der Waals surface area contributed by atoms with Crippen LogP contribution < -0.4 is 5.32 Å². The van der Waals surface area contributed by atoms with Crippen molar-refractivity contribution in [2.24, 2.45) is 0 Å². The van der Waals surface area contributed by atoms with E-state index in [4.69, 9.17) is 0 Å². The molecule has 1 heterocycles. The average Bonchev–Trinajstić information content (AvgIpc) is 2.72. The summed E-state index contributed by atoms with van der Waals surface area (Å²) in [7, 11) is 0. The Labute approximate surface area is 119 Å². The maximum absolute atomic E-state index is 9.97. The molecule has 0 fully saturated rings. The minimum atomic E-state index is -0.483. The molecule has 1 aromatic heterocycles. The largest absolute Gasteiger partial charge is 0.387 e. The molecule has 18 heavy (non-hydrogen) atoms. The molecule has 0 aliphatic carbocycles. The molecule has 0 aliphatic rings. The number of rotatable bonds is 4. The maximum atomic E-state index is 9.97. The Morgan fingerprint density at radius 1 is 1.33 bits per heavy atom. The maximum Gasteiger partial charge on any atom is 0.0931 e. The minimum absolute atomic E-state index is 0. The molecular formula is C12H19Cl2N3O. The van der Waals surface area contributed by atoms with E-state index in [2.05, 4.69) is 29.1 Å². The SMILES string of the molecule is CC(C)NCC(O)c1ccc2[nH]cnc2c1.Cl.Cl. The van der Waals surface area contributed by atoms with Gasteiger partial charge in [-0.2, -0.15) is 0 Å². The number of nitrogens with zero attached hydrogens (tertiary/aromatic N) is 1. The van der Waals surface area contributed by atoms with E-state index < -0.39 is 6.10 Å².